The van der Waals surface area contributed by atoms with E-state index in [-0.39, 0.29) is 29.5 Å². The maximum atomic E-state index is 14.0. The molecule has 0 radical (unpaired) electrons. The lowest BCUT2D eigenvalue weighted by molar-refractivity contribution is 0.0592. The number of hydrogen-bond donors (Lipinski definition) is 0. The van der Waals surface area contributed by atoms with Crippen LogP contribution in [0.25, 0.3) is 44.2 Å². The van der Waals surface area contributed by atoms with Gasteiger partial charge in [0.1, 0.15) is 17.2 Å². The van der Waals surface area contributed by atoms with Gasteiger partial charge in [-0.1, -0.05) is 18.2 Å². The maximum Gasteiger partial charge on any atom is 0.257 e. The number of pyridine rings is 2. The monoisotopic (exact) mass is 669 g/mol. The van der Waals surface area contributed by atoms with Crippen LogP contribution in [0.15, 0.2) is 79.3 Å². The van der Waals surface area contributed by atoms with Crippen molar-refractivity contribution >= 4 is 39.4 Å². The van der Waals surface area contributed by atoms with Crippen LogP contribution in [-0.2, 0) is 13.6 Å². The number of aryl methyl sites for hydroxylation is 1. The van der Waals surface area contributed by atoms with E-state index in [1.54, 1.807) is 33.8 Å². The predicted octanol–water partition coefficient (Wildman–Crippen LogP) is 6.53. The van der Waals surface area contributed by atoms with E-state index in [9.17, 15) is 18.8 Å². The summed E-state index contributed by atoms with van der Waals surface area (Å²) in [7, 11) is 1.84. The van der Waals surface area contributed by atoms with E-state index in [4.69, 9.17) is 0 Å². The molecule has 2 aromatic carbocycles. The van der Waals surface area contributed by atoms with Crippen LogP contribution in [0.3, 0.4) is 0 Å². The minimum atomic E-state index is -0.317. The Morgan fingerprint density at radius 3 is 2.46 bits per heavy atom. The summed E-state index contributed by atoms with van der Waals surface area (Å²) in [4.78, 5) is 53.4. The van der Waals surface area contributed by atoms with Crippen molar-refractivity contribution in [2.24, 2.45) is 7.05 Å². The zero-order valence-electron chi connectivity index (χ0n) is 28.0. The summed E-state index contributed by atoms with van der Waals surface area (Å²) in [6.45, 7) is 4.35. The summed E-state index contributed by atoms with van der Waals surface area (Å²) in [6.07, 6.45) is 7.94. The summed E-state index contributed by atoms with van der Waals surface area (Å²) in [6, 6.07) is 17.8. The van der Waals surface area contributed by atoms with E-state index >= 15 is 0 Å². The highest BCUT2D eigenvalue weighted by Crippen LogP contribution is 2.38. The first kappa shape index (κ1) is 31.7. The second kappa shape index (κ2) is 12.7. The normalized spacial score (nSPS) is 15.3. The Kier molecular flexibility index (Phi) is 8.07. The molecule has 0 atom stereocenters. The Labute approximate surface area is 288 Å². The molecule has 11 heteroatoms. The fourth-order valence-electron chi connectivity index (χ4n) is 7.72. The number of piperidine rings is 1. The molecule has 0 N–H and O–H groups in total. The van der Waals surface area contributed by atoms with Crippen LogP contribution < -0.4 is 0 Å². The molecule has 1 amide bonds. The summed E-state index contributed by atoms with van der Waals surface area (Å²) in [5.74, 6) is -0.565. The highest BCUT2D eigenvalue weighted by atomic mass is 19.1. The van der Waals surface area contributed by atoms with Gasteiger partial charge in [-0.3, -0.25) is 33.6 Å². The number of hydrogen-bond acceptors (Lipinski definition) is 7. The van der Waals surface area contributed by atoms with E-state index in [0.29, 0.717) is 41.9 Å². The van der Waals surface area contributed by atoms with Gasteiger partial charge in [-0.2, -0.15) is 5.10 Å². The molecular formula is C39H36FN7O3. The van der Waals surface area contributed by atoms with E-state index in [1.165, 1.54) is 19.1 Å². The molecule has 50 heavy (non-hydrogen) atoms. The first-order valence-corrected chi connectivity index (χ1v) is 17.0. The van der Waals surface area contributed by atoms with Gasteiger partial charge in [-0.05, 0) is 68.3 Å². The van der Waals surface area contributed by atoms with Crippen LogP contribution in [0.1, 0.15) is 63.9 Å². The molecule has 1 saturated heterocycles. The molecule has 2 aliphatic heterocycles. The third-order valence-electron chi connectivity index (χ3n) is 10.1. The van der Waals surface area contributed by atoms with Crippen molar-refractivity contribution in [3.8, 4) is 22.4 Å². The molecule has 252 valence electrons. The van der Waals surface area contributed by atoms with Gasteiger partial charge >= 0.3 is 0 Å². The lowest BCUT2D eigenvalue weighted by atomic mass is 9.97. The number of rotatable bonds is 8. The summed E-state index contributed by atoms with van der Waals surface area (Å²) >= 11 is 0. The average molecular weight is 670 g/mol. The van der Waals surface area contributed by atoms with Crippen molar-refractivity contribution in [2.45, 2.75) is 45.2 Å². The van der Waals surface area contributed by atoms with Crippen molar-refractivity contribution < 1.29 is 18.8 Å². The lowest BCUT2D eigenvalue weighted by Gasteiger charge is -2.36. The molecule has 1 fully saturated rings. The molecule has 6 heterocycles. The fourth-order valence-corrected chi connectivity index (χ4v) is 7.72. The quantitative estimate of drug-likeness (QED) is 0.170. The van der Waals surface area contributed by atoms with Crippen molar-refractivity contribution in [1.82, 2.24) is 34.1 Å². The van der Waals surface area contributed by atoms with Gasteiger partial charge < -0.3 is 9.80 Å². The summed E-state index contributed by atoms with van der Waals surface area (Å²) in [5.41, 5.74) is 6.10. The van der Waals surface area contributed by atoms with Gasteiger partial charge in [0.15, 0.2) is 5.78 Å². The Hall–Kier alpha value is -5.55. The smallest absolute Gasteiger partial charge is 0.257 e. The number of aromatic nitrogens is 5. The Morgan fingerprint density at radius 2 is 1.68 bits per heavy atom. The molecule has 8 rings (SSSR count). The van der Waals surface area contributed by atoms with E-state index in [2.05, 4.69) is 20.0 Å². The number of Topliss-reactive ketones (excluding diaryl/α,β-unsaturated/α-hetero) is 1. The fraction of sp³-hybridized carbons (Fsp3) is 0.282. The molecule has 2 aliphatic rings. The minimum absolute atomic E-state index is 0.0216. The number of fused-ring (bicyclic) bond motifs is 4. The van der Waals surface area contributed by atoms with Crippen LogP contribution >= 0.6 is 0 Å². The van der Waals surface area contributed by atoms with Crippen LogP contribution in [0.2, 0.25) is 0 Å². The molecule has 10 nitrogen and oxygen atoms in total. The molecule has 0 spiro atoms. The SMILES string of the molecule is CC(=O)c1nccc2c3ccccc3n(C(=O)CCCN3CCC(N4Cc5nccc(-c6cn(C)nc6-c6ccc(F)cc6)c5C4=O)CC3)c12. The Bertz CT molecular complexity index is 2300. The van der Waals surface area contributed by atoms with Crippen molar-refractivity contribution in [3.05, 3.63) is 102 Å². The third-order valence-corrected chi connectivity index (χ3v) is 10.1. The highest BCUT2D eigenvalue weighted by Gasteiger charge is 2.37. The first-order valence-electron chi connectivity index (χ1n) is 17.0. The zero-order valence-corrected chi connectivity index (χ0v) is 28.0. The summed E-state index contributed by atoms with van der Waals surface area (Å²) in [5, 5.41) is 6.43. The zero-order chi connectivity index (χ0) is 34.5. The Morgan fingerprint density at radius 1 is 0.920 bits per heavy atom. The van der Waals surface area contributed by atoms with Crippen molar-refractivity contribution in [3.63, 3.8) is 0 Å². The maximum absolute atomic E-state index is 14.0. The largest absolute Gasteiger partial charge is 0.330 e. The molecule has 0 saturated carbocycles. The molecule has 4 aromatic heterocycles. The number of carbonyl (C=O) groups excluding carboxylic acids is 3. The minimum Gasteiger partial charge on any atom is -0.330 e. The van der Waals surface area contributed by atoms with Gasteiger partial charge in [0.05, 0.1) is 28.8 Å². The third kappa shape index (κ3) is 5.47. The molecular weight excluding hydrogens is 633 g/mol. The highest BCUT2D eigenvalue weighted by molar-refractivity contribution is 6.18. The number of amides is 1. The van der Waals surface area contributed by atoms with Crippen LogP contribution in [0.4, 0.5) is 4.39 Å². The van der Waals surface area contributed by atoms with Crippen LogP contribution in [-0.4, -0.2) is 77.4 Å². The number of carbonyl (C=O) groups is 3. The van der Waals surface area contributed by atoms with Gasteiger partial charge in [0.2, 0.25) is 5.91 Å². The van der Waals surface area contributed by atoms with E-state index in [0.717, 1.165) is 71.1 Å². The van der Waals surface area contributed by atoms with Gasteiger partial charge in [0.25, 0.3) is 5.91 Å². The average Bonchev–Trinajstić information content (AvgIpc) is 3.79. The second-order valence-corrected chi connectivity index (χ2v) is 13.2. The number of ketones is 1. The van der Waals surface area contributed by atoms with Crippen LogP contribution in [0.5, 0.6) is 0 Å². The predicted molar refractivity (Wildman–Crippen MR) is 188 cm³/mol. The number of halogens is 1. The molecule has 0 aliphatic carbocycles. The van der Waals surface area contributed by atoms with Gasteiger partial charge in [0, 0.05) is 85.6 Å². The first-order chi connectivity index (χ1) is 24.3. The number of benzene rings is 2. The molecule has 6 aromatic rings. The second-order valence-electron chi connectivity index (χ2n) is 13.2. The number of nitrogens with zero attached hydrogens (tertiary/aromatic N) is 7. The standard InChI is InChI=1S/C39H36FN7O3/c1-24(48)36-38-30(14-18-42-36)28-6-3-4-7-33(28)47(38)34(49)8-5-19-45-20-15-27(16-21-45)46-23-32-35(39(46)50)29(13-17-41-32)31-22-44(2)43-37(31)25-9-11-26(40)12-10-25/h3-4,6-7,9-14,17-18,22,27H,5,8,15-16,19-21,23H2,1-2H3. The van der Waals surface area contributed by atoms with Crippen molar-refractivity contribution in [2.75, 3.05) is 19.6 Å². The van der Waals surface area contributed by atoms with Crippen molar-refractivity contribution in [1.29, 1.82) is 0 Å². The van der Waals surface area contributed by atoms with Crippen LogP contribution in [0, 0.1) is 5.82 Å². The lowest BCUT2D eigenvalue weighted by Crippen LogP contribution is -2.45. The van der Waals surface area contributed by atoms with E-state index in [1.807, 2.05) is 54.5 Å². The number of para-hydroxylation sites is 1. The number of likely N-dealkylation sites (tertiary alicyclic amines) is 1. The Balaban J connectivity index is 0.930. The van der Waals surface area contributed by atoms with Gasteiger partial charge in [-0.15, -0.1) is 0 Å². The van der Waals surface area contributed by atoms with E-state index < -0.39 is 0 Å². The summed E-state index contributed by atoms with van der Waals surface area (Å²) < 4.78 is 17.1. The molecule has 0 bridgehead atoms. The molecule has 0 unspecified atom stereocenters. The topological polar surface area (TPSA) is 106 Å². The van der Waals surface area contributed by atoms with Gasteiger partial charge in [-0.25, -0.2) is 4.39 Å².